The maximum Gasteiger partial charge on any atom is 0.0262 e. The summed E-state index contributed by atoms with van der Waals surface area (Å²) < 4.78 is 0. The van der Waals surface area contributed by atoms with E-state index in [0.717, 1.165) is 13.1 Å². The van der Waals surface area contributed by atoms with Gasteiger partial charge >= 0.3 is 0 Å². The summed E-state index contributed by atoms with van der Waals surface area (Å²) in [6, 6.07) is 0. The first-order valence-electron chi connectivity index (χ1n) is 3.90. The van der Waals surface area contributed by atoms with Crippen molar-refractivity contribution in [3.05, 3.63) is 0 Å². The molecule has 0 bridgehead atoms. The SMILES string of the molecule is CCCNN(CC)N(C)C. The fraction of sp³-hybridized carbons (Fsp3) is 1.00. The first kappa shape index (κ1) is 9.88. The number of hydrazine groups is 2. The van der Waals surface area contributed by atoms with Crippen molar-refractivity contribution < 1.29 is 0 Å². The highest BCUT2D eigenvalue weighted by molar-refractivity contribution is 4.40. The molecule has 62 valence electrons. The molecule has 0 rings (SSSR count). The molecule has 10 heavy (non-hydrogen) atoms. The molecule has 0 aliphatic carbocycles. The molecule has 0 aromatic rings. The zero-order valence-electron chi connectivity index (χ0n) is 7.52. The summed E-state index contributed by atoms with van der Waals surface area (Å²) in [5.74, 6) is 0. The van der Waals surface area contributed by atoms with Crippen LogP contribution in [-0.2, 0) is 0 Å². The topological polar surface area (TPSA) is 18.5 Å². The van der Waals surface area contributed by atoms with Crippen molar-refractivity contribution >= 4 is 0 Å². The summed E-state index contributed by atoms with van der Waals surface area (Å²) in [4.78, 5) is 0. The highest BCUT2D eigenvalue weighted by atomic mass is 15.8. The Kier molecular flexibility index (Phi) is 5.58. The number of nitrogens with one attached hydrogen (secondary N) is 1. The summed E-state index contributed by atoms with van der Waals surface area (Å²) in [6.07, 6.45) is 1.17. The number of rotatable bonds is 5. The minimum Gasteiger partial charge on any atom is -0.241 e. The van der Waals surface area contributed by atoms with Gasteiger partial charge in [-0.15, -0.1) is 0 Å². The minimum atomic E-state index is 1.01. The Labute approximate surface area is 63.9 Å². The van der Waals surface area contributed by atoms with Crippen molar-refractivity contribution in [3.63, 3.8) is 0 Å². The third-order valence-electron chi connectivity index (χ3n) is 1.33. The lowest BCUT2D eigenvalue weighted by molar-refractivity contribution is -0.0225. The largest absolute Gasteiger partial charge is 0.241 e. The van der Waals surface area contributed by atoms with E-state index < -0.39 is 0 Å². The molecule has 3 nitrogen and oxygen atoms in total. The molecule has 0 radical (unpaired) electrons. The predicted molar refractivity (Wildman–Crippen MR) is 44.4 cm³/mol. The van der Waals surface area contributed by atoms with E-state index in [1.54, 1.807) is 0 Å². The van der Waals surface area contributed by atoms with Crippen LogP contribution in [0.3, 0.4) is 0 Å². The van der Waals surface area contributed by atoms with Crippen LogP contribution in [0.25, 0.3) is 0 Å². The van der Waals surface area contributed by atoms with Gasteiger partial charge in [-0.2, -0.15) is 5.12 Å². The Morgan fingerprint density at radius 1 is 1.20 bits per heavy atom. The molecule has 0 aromatic heterocycles. The molecule has 0 aliphatic heterocycles. The van der Waals surface area contributed by atoms with Gasteiger partial charge in [0.2, 0.25) is 0 Å². The molecule has 0 saturated carbocycles. The molecule has 0 fully saturated rings. The Bertz CT molecular complexity index is 73.3. The fourth-order valence-corrected chi connectivity index (χ4v) is 0.777. The highest BCUT2D eigenvalue weighted by Gasteiger charge is 2.00. The van der Waals surface area contributed by atoms with Crippen molar-refractivity contribution in [1.29, 1.82) is 0 Å². The van der Waals surface area contributed by atoms with Gasteiger partial charge in [0.15, 0.2) is 0 Å². The van der Waals surface area contributed by atoms with Gasteiger partial charge in [-0.25, -0.2) is 10.4 Å². The van der Waals surface area contributed by atoms with E-state index in [4.69, 9.17) is 0 Å². The molecule has 1 N–H and O–H groups in total. The molecule has 0 unspecified atom stereocenters. The van der Waals surface area contributed by atoms with Crippen LogP contribution in [0, 0.1) is 0 Å². The second-order valence-electron chi connectivity index (χ2n) is 2.47. The standard InChI is InChI=1S/C7H19N3/c1-5-7-8-10(6-2)9(3)4/h8H,5-7H2,1-4H3. The number of hydrogen-bond donors (Lipinski definition) is 1. The van der Waals surface area contributed by atoms with Gasteiger partial charge in [-0.05, 0) is 13.3 Å². The van der Waals surface area contributed by atoms with Crippen LogP contribution in [-0.4, -0.2) is 37.3 Å². The normalized spacial score (nSPS) is 11.4. The zero-order chi connectivity index (χ0) is 7.98. The Balaban J connectivity index is 3.40. The van der Waals surface area contributed by atoms with Crippen LogP contribution >= 0.6 is 0 Å². The molecular weight excluding hydrogens is 126 g/mol. The van der Waals surface area contributed by atoms with Crippen LogP contribution in [0.1, 0.15) is 20.3 Å². The molecule has 0 heterocycles. The van der Waals surface area contributed by atoms with Crippen LogP contribution in [0.5, 0.6) is 0 Å². The Hall–Kier alpha value is -0.120. The van der Waals surface area contributed by atoms with Crippen LogP contribution in [0.2, 0.25) is 0 Å². The Morgan fingerprint density at radius 2 is 1.80 bits per heavy atom. The monoisotopic (exact) mass is 145 g/mol. The van der Waals surface area contributed by atoms with Crippen LogP contribution in [0.15, 0.2) is 0 Å². The second kappa shape index (κ2) is 5.65. The van der Waals surface area contributed by atoms with Crippen LogP contribution < -0.4 is 5.43 Å². The molecule has 0 aliphatic rings. The molecule has 0 spiro atoms. The van der Waals surface area contributed by atoms with Crippen molar-refractivity contribution in [2.24, 2.45) is 0 Å². The molecule has 0 amide bonds. The van der Waals surface area contributed by atoms with Crippen LogP contribution in [0.4, 0.5) is 0 Å². The Morgan fingerprint density at radius 3 is 2.10 bits per heavy atom. The molecule has 3 heteroatoms. The zero-order valence-corrected chi connectivity index (χ0v) is 7.52. The number of nitrogens with zero attached hydrogens (tertiary/aromatic N) is 2. The maximum atomic E-state index is 3.28. The highest BCUT2D eigenvalue weighted by Crippen LogP contribution is 1.84. The van der Waals surface area contributed by atoms with Gasteiger partial charge in [-0.3, -0.25) is 0 Å². The number of hydrogen-bond acceptors (Lipinski definition) is 3. The van der Waals surface area contributed by atoms with E-state index in [9.17, 15) is 0 Å². The van der Waals surface area contributed by atoms with Crippen molar-refractivity contribution in [3.8, 4) is 0 Å². The fourth-order valence-electron chi connectivity index (χ4n) is 0.777. The van der Waals surface area contributed by atoms with E-state index in [2.05, 4.69) is 29.4 Å². The van der Waals surface area contributed by atoms with E-state index in [-0.39, 0.29) is 0 Å². The van der Waals surface area contributed by atoms with Gasteiger partial charge in [0.25, 0.3) is 0 Å². The summed E-state index contributed by atoms with van der Waals surface area (Å²) in [5, 5.41) is 4.14. The lowest BCUT2D eigenvalue weighted by Crippen LogP contribution is -2.47. The molecule has 0 aromatic carbocycles. The average Bonchev–Trinajstić information content (AvgIpc) is 1.89. The van der Waals surface area contributed by atoms with Gasteiger partial charge in [0, 0.05) is 27.2 Å². The summed E-state index contributed by atoms with van der Waals surface area (Å²) in [6.45, 7) is 6.35. The van der Waals surface area contributed by atoms with Gasteiger partial charge in [-0.1, -0.05) is 6.92 Å². The first-order valence-corrected chi connectivity index (χ1v) is 3.90. The average molecular weight is 145 g/mol. The van der Waals surface area contributed by atoms with Gasteiger partial charge < -0.3 is 0 Å². The van der Waals surface area contributed by atoms with Gasteiger partial charge in [0.1, 0.15) is 0 Å². The van der Waals surface area contributed by atoms with E-state index in [1.807, 2.05) is 14.1 Å². The third-order valence-corrected chi connectivity index (χ3v) is 1.33. The lowest BCUT2D eigenvalue weighted by Gasteiger charge is -2.27. The third kappa shape index (κ3) is 3.82. The van der Waals surface area contributed by atoms with Crippen molar-refractivity contribution in [1.82, 2.24) is 15.6 Å². The quantitative estimate of drug-likeness (QED) is 0.574. The van der Waals surface area contributed by atoms with E-state index in [0.29, 0.717) is 0 Å². The predicted octanol–water partition coefficient (Wildman–Crippen LogP) is 0.699. The van der Waals surface area contributed by atoms with Crippen molar-refractivity contribution in [2.45, 2.75) is 20.3 Å². The second-order valence-corrected chi connectivity index (χ2v) is 2.47. The lowest BCUT2D eigenvalue weighted by atomic mass is 10.5. The smallest absolute Gasteiger partial charge is 0.0262 e. The minimum absolute atomic E-state index is 1.01. The van der Waals surface area contributed by atoms with E-state index in [1.165, 1.54) is 6.42 Å². The summed E-state index contributed by atoms with van der Waals surface area (Å²) in [7, 11) is 4.07. The van der Waals surface area contributed by atoms with Gasteiger partial charge in [0.05, 0.1) is 0 Å². The summed E-state index contributed by atoms with van der Waals surface area (Å²) in [5.41, 5.74) is 3.28. The summed E-state index contributed by atoms with van der Waals surface area (Å²) >= 11 is 0. The molecular formula is C7H19N3. The molecule has 0 saturated heterocycles. The maximum absolute atomic E-state index is 3.28. The first-order chi connectivity index (χ1) is 4.72. The van der Waals surface area contributed by atoms with E-state index >= 15 is 0 Å². The van der Waals surface area contributed by atoms with Crippen molar-refractivity contribution in [2.75, 3.05) is 27.2 Å². The molecule has 0 atom stereocenters.